The van der Waals surface area contributed by atoms with Crippen molar-refractivity contribution in [1.29, 1.82) is 0 Å². The number of hydrogen-bond acceptors (Lipinski definition) is 7. The first kappa shape index (κ1) is 17.1. The molecule has 0 spiro atoms. The van der Waals surface area contributed by atoms with E-state index >= 15 is 0 Å². The second kappa shape index (κ2) is 6.45. The molecule has 0 saturated carbocycles. The van der Waals surface area contributed by atoms with Gasteiger partial charge in [0.15, 0.2) is 6.23 Å². The number of aliphatic hydroxyl groups is 2. The standard InChI is InChI=1S/C11H17N2O8P/c1-2-20-22(18,19)9-6(5-14)21-10(8(9)16)13-4-3-7(15)12-11(13)17/h3-4,6,8-10,14,16H,2,5H2,1H3,(H,18,19)(H,12,15,17). The number of H-pyrrole nitrogens is 1. The van der Waals surface area contributed by atoms with Crippen molar-refractivity contribution in [1.82, 2.24) is 9.55 Å². The molecule has 2 rings (SSSR count). The lowest BCUT2D eigenvalue weighted by Gasteiger charge is -2.23. The van der Waals surface area contributed by atoms with Gasteiger partial charge in [0, 0.05) is 12.3 Å². The van der Waals surface area contributed by atoms with Crippen LogP contribution in [-0.4, -0.2) is 55.7 Å². The fraction of sp³-hybridized carbons (Fsp3) is 0.636. The number of nitrogens with one attached hydrogen (secondary N) is 1. The Morgan fingerprint density at radius 1 is 1.50 bits per heavy atom. The molecule has 10 nitrogen and oxygen atoms in total. The van der Waals surface area contributed by atoms with Crippen LogP contribution >= 0.6 is 7.60 Å². The normalized spacial score (nSPS) is 31.1. The lowest BCUT2D eigenvalue weighted by Crippen LogP contribution is -2.38. The van der Waals surface area contributed by atoms with E-state index in [1.807, 2.05) is 4.98 Å². The van der Waals surface area contributed by atoms with Crippen molar-refractivity contribution in [3.63, 3.8) is 0 Å². The summed E-state index contributed by atoms with van der Waals surface area (Å²) in [5.74, 6) is 0. The molecule has 5 unspecified atom stereocenters. The van der Waals surface area contributed by atoms with E-state index in [1.165, 1.54) is 6.92 Å². The maximum Gasteiger partial charge on any atom is 0.336 e. The Balaban J connectivity index is 2.39. The molecule has 22 heavy (non-hydrogen) atoms. The van der Waals surface area contributed by atoms with Crippen molar-refractivity contribution >= 4 is 7.60 Å². The van der Waals surface area contributed by atoms with Gasteiger partial charge in [0.2, 0.25) is 0 Å². The molecule has 1 saturated heterocycles. The highest BCUT2D eigenvalue weighted by molar-refractivity contribution is 7.53. The summed E-state index contributed by atoms with van der Waals surface area (Å²) in [7, 11) is -4.27. The molecule has 0 aliphatic carbocycles. The van der Waals surface area contributed by atoms with Gasteiger partial charge < -0.3 is 24.4 Å². The smallest absolute Gasteiger partial charge is 0.336 e. The van der Waals surface area contributed by atoms with Gasteiger partial charge in [-0.15, -0.1) is 0 Å². The number of ether oxygens (including phenoxy) is 1. The summed E-state index contributed by atoms with van der Waals surface area (Å²) in [6.45, 7) is 0.787. The molecule has 1 aliphatic rings. The third kappa shape index (κ3) is 3.07. The van der Waals surface area contributed by atoms with Gasteiger partial charge in [0.1, 0.15) is 17.9 Å². The fourth-order valence-corrected chi connectivity index (χ4v) is 4.07. The largest absolute Gasteiger partial charge is 0.394 e. The summed E-state index contributed by atoms with van der Waals surface area (Å²) < 4.78 is 23.1. The average Bonchev–Trinajstić information content (AvgIpc) is 2.76. The number of aromatic nitrogens is 2. The third-order valence-corrected chi connectivity index (χ3v) is 5.35. The van der Waals surface area contributed by atoms with Crippen molar-refractivity contribution in [3.05, 3.63) is 33.1 Å². The Morgan fingerprint density at radius 2 is 2.18 bits per heavy atom. The van der Waals surface area contributed by atoms with Crippen LogP contribution in [0.25, 0.3) is 0 Å². The maximum absolute atomic E-state index is 12.1. The summed E-state index contributed by atoms with van der Waals surface area (Å²) in [6, 6.07) is 1.04. The first-order valence-electron chi connectivity index (χ1n) is 6.54. The SMILES string of the molecule is CCOP(=O)(O)C1C(CO)OC(n2ccc(=O)[nH]c2=O)C1O. The minimum Gasteiger partial charge on any atom is -0.394 e. The van der Waals surface area contributed by atoms with Crippen LogP contribution in [0.3, 0.4) is 0 Å². The monoisotopic (exact) mass is 336 g/mol. The lowest BCUT2D eigenvalue weighted by atomic mass is 10.2. The van der Waals surface area contributed by atoms with Crippen molar-refractivity contribution < 1.29 is 28.9 Å². The molecule has 5 atom stereocenters. The van der Waals surface area contributed by atoms with Crippen LogP contribution in [-0.2, 0) is 13.8 Å². The molecule has 2 heterocycles. The number of aromatic amines is 1. The van der Waals surface area contributed by atoms with Gasteiger partial charge in [0.05, 0.1) is 13.2 Å². The van der Waals surface area contributed by atoms with Crippen LogP contribution in [0.4, 0.5) is 0 Å². The van der Waals surface area contributed by atoms with Gasteiger partial charge >= 0.3 is 13.3 Å². The Hall–Kier alpha value is -1.29. The Bertz CT molecular complexity index is 685. The quantitative estimate of drug-likeness (QED) is 0.468. The molecule has 4 N–H and O–H groups in total. The van der Waals surface area contributed by atoms with E-state index in [1.54, 1.807) is 0 Å². The lowest BCUT2D eigenvalue weighted by molar-refractivity contribution is -0.0530. The van der Waals surface area contributed by atoms with E-state index in [0.717, 1.165) is 16.8 Å². The van der Waals surface area contributed by atoms with Crippen LogP contribution in [0.2, 0.25) is 0 Å². The molecular formula is C11H17N2O8P. The fourth-order valence-electron chi connectivity index (χ4n) is 2.41. The molecule has 1 aromatic rings. The summed E-state index contributed by atoms with van der Waals surface area (Å²) in [6.07, 6.45) is -3.01. The summed E-state index contributed by atoms with van der Waals surface area (Å²) >= 11 is 0. The first-order valence-corrected chi connectivity index (χ1v) is 8.19. The number of aliphatic hydroxyl groups excluding tert-OH is 2. The van der Waals surface area contributed by atoms with Gasteiger partial charge in [-0.1, -0.05) is 0 Å². The zero-order valence-electron chi connectivity index (χ0n) is 11.7. The van der Waals surface area contributed by atoms with Crippen molar-refractivity contribution in [2.45, 2.75) is 31.0 Å². The van der Waals surface area contributed by atoms with Gasteiger partial charge in [-0.25, -0.2) is 4.79 Å². The van der Waals surface area contributed by atoms with E-state index in [-0.39, 0.29) is 6.61 Å². The van der Waals surface area contributed by atoms with E-state index < -0.39 is 49.5 Å². The topological polar surface area (TPSA) is 151 Å². The van der Waals surface area contributed by atoms with Crippen LogP contribution in [0.1, 0.15) is 13.2 Å². The maximum atomic E-state index is 12.1. The highest BCUT2D eigenvalue weighted by Crippen LogP contribution is 2.55. The molecule has 1 aliphatic heterocycles. The van der Waals surface area contributed by atoms with E-state index in [2.05, 4.69) is 0 Å². The molecule has 124 valence electrons. The second-order valence-electron chi connectivity index (χ2n) is 4.73. The van der Waals surface area contributed by atoms with Gasteiger partial charge in [-0.2, -0.15) is 0 Å². The highest BCUT2D eigenvalue weighted by Gasteiger charge is 2.54. The molecule has 1 aromatic heterocycles. The van der Waals surface area contributed by atoms with Crippen molar-refractivity contribution in [2.24, 2.45) is 0 Å². The van der Waals surface area contributed by atoms with E-state index in [4.69, 9.17) is 9.26 Å². The minimum absolute atomic E-state index is 0.0710. The third-order valence-electron chi connectivity index (χ3n) is 3.33. The van der Waals surface area contributed by atoms with Crippen LogP contribution in [0, 0.1) is 0 Å². The molecule has 0 radical (unpaired) electrons. The van der Waals surface area contributed by atoms with Crippen LogP contribution < -0.4 is 11.2 Å². The number of hydrogen-bond donors (Lipinski definition) is 4. The first-order chi connectivity index (χ1) is 10.3. The number of nitrogens with zero attached hydrogens (tertiary/aromatic N) is 1. The van der Waals surface area contributed by atoms with Crippen LogP contribution in [0.15, 0.2) is 21.9 Å². The Kier molecular flexibility index (Phi) is 5.00. The average molecular weight is 336 g/mol. The number of rotatable bonds is 5. The zero-order valence-corrected chi connectivity index (χ0v) is 12.6. The minimum atomic E-state index is -4.27. The molecular weight excluding hydrogens is 319 g/mol. The van der Waals surface area contributed by atoms with Crippen LogP contribution in [0.5, 0.6) is 0 Å². The molecule has 1 fully saturated rings. The van der Waals surface area contributed by atoms with Crippen molar-refractivity contribution in [3.8, 4) is 0 Å². The van der Waals surface area contributed by atoms with Crippen molar-refractivity contribution in [2.75, 3.05) is 13.2 Å². The van der Waals surface area contributed by atoms with E-state index in [9.17, 15) is 29.3 Å². The molecule has 0 amide bonds. The second-order valence-corrected chi connectivity index (χ2v) is 6.71. The predicted molar refractivity (Wildman–Crippen MR) is 73.6 cm³/mol. The Labute approximate surface area is 124 Å². The van der Waals surface area contributed by atoms with Gasteiger partial charge in [-0.05, 0) is 6.92 Å². The summed E-state index contributed by atoms with van der Waals surface area (Å²) in [5, 5.41) is 19.6. The Morgan fingerprint density at radius 3 is 2.73 bits per heavy atom. The van der Waals surface area contributed by atoms with Gasteiger partial charge in [0.25, 0.3) is 5.56 Å². The molecule has 11 heteroatoms. The summed E-state index contributed by atoms with van der Waals surface area (Å²) in [4.78, 5) is 34.7. The zero-order chi connectivity index (χ0) is 16.5. The molecule has 0 aromatic carbocycles. The van der Waals surface area contributed by atoms with E-state index in [0.29, 0.717) is 0 Å². The van der Waals surface area contributed by atoms with Gasteiger partial charge in [-0.3, -0.25) is 18.9 Å². The molecule has 0 bridgehead atoms. The highest BCUT2D eigenvalue weighted by atomic mass is 31.2. The predicted octanol–water partition coefficient (Wildman–Crippen LogP) is -1.62. The summed E-state index contributed by atoms with van der Waals surface area (Å²) in [5.41, 5.74) is -2.90.